The molecular formula is C24H18BrClN4O5. The number of benzene rings is 3. The van der Waals surface area contributed by atoms with Gasteiger partial charge >= 0.3 is 0 Å². The molecule has 0 spiro atoms. The fraction of sp³-hybridized carbons (Fsp3) is 0.125. The fourth-order valence-electron chi connectivity index (χ4n) is 3.39. The Labute approximate surface area is 212 Å². The molecule has 0 amide bonds. The van der Waals surface area contributed by atoms with Crippen LogP contribution < -0.4 is 15.0 Å². The van der Waals surface area contributed by atoms with Gasteiger partial charge in [0.25, 0.3) is 11.2 Å². The Balaban J connectivity index is 1.62. The second kappa shape index (κ2) is 10.2. The van der Waals surface area contributed by atoms with E-state index in [0.717, 1.165) is 4.47 Å². The molecule has 0 N–H and O–H groups in total. The first kappa shape index (κ1) is 24.4. The molecule has 9 nitrogen and oxygen atoms in total. The van der Waals surface area contributed by atoms with Crippen molar-refractivity contribution in [3.05, 3.63) is 102 Å². The van der Waals surface area contributed by atoms with Crippen molar-refractivity contribution in [3.63, 3.8) is 0 Å². The summed E-state index contributed by atoms with van der Waals surface area (Å²) in [6.45, 7) is 1.75. The average molecular weight is 558 g/mol. The Morgan fingerprint density at radius 1 is 1.23 bits per heavy atom. The zero-order valence-electron chi connectivity index (χ0n) is 18.6. The highest BCUT2D eigenvalue weighted by atomic mass is 79.9. The fourth-order valence-corrected chi connectivity index (χ4v) is 4.02. The molecule has 1 heterocycles. The third-order valence-electron chi connectivity index (χ3n) is 5.05. The summed E-state index contributed by atoms with van der Waals surface area (Å²) in [7, 11) is 1.46. The number of non-ortho nitro benzene ring substituents is 1. The minimum Gasteiger partial charge on any atom is -0.493 e. The minimum atomic E-state index is -0.470. The molecule has 0 saturated carbocycles. The Bertz CT molecular complexity index is 1540. The van der Waals surface area contributed by atoms with Gasteiger partial charge in [-0.2, -0.15) is 9.78 Å². The van der Waals surface area contributed by atoms with Gasteiger partial charge in [-0.05, 0) is 48.4 Å². The van der Waals surface area contributed by atoms with E-state index in [-0.39, 0.29) is 28.6 Å². The summed E-state index contributed by atoms with van der Waals surface area (Å²) < 4.78 is 13.2. The van der Waals surface area contributed by atoms with E-state index in [4.69, 9.17) is 21.1 Å². The van der Waals surface area contributed by atoms with E-state index in [9.17, 15) is 14.9 Å². The lowest BCUT2D eigenvalue weighted by molar-refractivity contribution is -0.384. The number of rotatable bonds is 7. The molecule has 0 bridgehead atoms. The quantitative estimate of drug-likeness (QED) is 0.169. The Morgan fingerprint density at radius 2 is 2.03 bits per heavy atom. The molecule has 178 valence electrons. The first-order chi connectivity index (χ1) is 16.8. The summed E-state index contributed by atoms with van der Waals surface area (Å²) in [6.07, 6.45) is 1.47. The summed E-state index contributed by atoms with van der Waals surface area (Å²) >= 11 is 9.81. The van der Waals surface area contributed by atoms with Crippen LogP contribution in [-0.4, -0.2) is 27.9 Å². The molecular weight excluding hydrogens is 540 g/mol. The van der Waals surface area contributed by atoms with E-state index in [1.165, 1.54) is 30.1 Å². The Morgan fingerprint density at radius 3 is 2.77 bits per heavy atom. The summed E-state index contributed by atoms with van der Waals surface area (Å²) in [5.74, 6) is 1.05. The average Bonchev–Trinajstić information content (AvgIpc) is 2.83. The van der Waals surface area contributed by atoms with Crippen molar-refractivity contribution in [2.75, 3.05) is 7.11 Å². The van der Waals surface area contributed by atoms with Crippen LogP contribution in [0.15, 0.2) is 69.0 Å². The molecule has 0 aliphatic heterocycles. The van der Waals surface area contributed by atoms with E-state index >= 15 is 0 Å². The molecule has 0 saturated heterocycles. The van der Waals surface area contributed by atoms with Gasteiger partial charge in [-0.15, -0.1) is 0 Å². The lowest BCUT2D eigenvalue weighted by atomic mass is 10.2. The lowest BCUT2D eigenvalue weighted by Crippen LogP contribution is -2.20. The predicted octanol–water partition coefficient (Wildman–Crippen LogP) is 5.50. The maximum Gasteiger partial charge on any atom is 0.282 e. The zero-order valence-corrected chi connectivity index (χ0v) is 20.9. The molecule has 0 unspecified atom stereocenters. The van der Waals surface area contributed by atoms with E-state index in [1.54, 1.807) is 43.3 Å². The Kier molecular flexibility index (Phi) is 7.13. The largest absolute Gasteiger partial charge is 0.493 e. The number of aromatic nitrogens is 2. The summed E-state index contributed by atoms with van der Waals surface area (Å²) in [5, 5.41) is 16.0. The van der Waals surface area contributed by atoms with Crippen LogP contribution >= 0.6 is 27.5 Å². The van der Waals surface area contributed by atoms with Crippen molar-refractivity contribution in [1.29, 1.82) is 0 Å². The van der Waals surface area contributed by atoms with Gasteiger partial charge in [0.1, 0.15) is 12.4 Å². The molecule has 0 atom stereocenters. The van der Waals surface area contributed by atoms with Crippen molar-refractivity contribution < 1.29 is 14.4 Å². The van der Waals surface area contributed by atoms with Gasteiger partial charge in [-0.1, -0.05) is 39.7 Å². The SMILES string of the molecule is COc1cc(C=Nn2c(C)nc3ccc(Br)cc3c2=O)cc(Cl)c1OCc1cccc([N+](=O)[O-])c1. The number of halogens is 2. The van der Waals surface area contributed by atoms with Gasteiger partial charge in [-0.3, -0.25) is 14.9 Å². The van der Waals surface area contributed by atoms with Crippen LogP contribution in [-0.2, 0) is 6.61 Å². The summed E-state index contributed by atoms with van der Waals surface area (Å²) in [4.78, 5) is 27.9. The van der Waals surface area contributed by atoms with Gasteiger partial charge in [0.15, 0.2) is 11.5 Å². The highest BCUT2D eigenvalue weighted by Crippen LogP contribution is 2.36. The molecule has 1 aromatic heterocycles. The van der Waals surface area contributed by atoms with Gasteiger partial charge < -0.3 is 9.47 Å². The first-order valence-electron chi connectivity index (χ1n) is 10.2. The number of ether oxygens (including phenoxy) is 2. The number of nitro benzene ring substituents is 1. The molecule has 0 aliphatic rings. The molecule has 0 aliphatic carbocycles. The standard InChI is InChI=1S/C24H18BrClN4O5/c1-14-28-21-7-6-17(25)11-19(21)24(31)29(14)27-12-16-9-20(26)23(22(10-16)34-2)35-13-15-4-3-5-18(8-15)30(32)33/h3-12H,13H2,1-2H3. The molecule has 4 rings (SSSR count). The maximum atomic E-state index is 12.9. The van der Waals surface area contributed by atoms with Gasteiger partial charge in [0, 0.05) is 16.6 Å². The zero-order chi connectivity index (χ0) is 25.1. The van der Waals surface area contributed by atoms with Gasteiger partial charge in [0.05, 0.1) is 34.2 Å². The topological polar surface area (TPSA) is 109 Å². The van der Waals surface area contributed by atoms with Crippen LogP contribution in [0.2, 0.25) is 5.02 Å². The van der Waals surface area contributed by atoms with Crippen molar-refractivity contribution in [3.8, 4) is 11.5 Å². The van der Waals surface area contributed by atoms with Gasteiger partial charge in [-0.25, -0.2) is 4.98 Å². The number of hydrogen-bond donors (Lipinski definition) is 0. The van der Waals surface area contributed by atoms with Crippen LogP contribution in [0.25, 0.3) is 10.9 Å². The maximum absolute atomic E-state index is 12.9. The second-order valence-corrected chi connectivity index (χ2v) is 8.75. The Hall–Kier alpha value is -3.76. The molecule has 35 heavy (non-hydrogen) atoms. The van der Waals surface area contributed by atoms with Crippen molar-refractivity contribution in [2.24, 2.45) is 5.10 Å². The molecule has 11 heteroatoms. The highest BCUT2D eigenvalue weighted by Gasteiger charge is 2.14. The molecule has 0 radical (unpaired) electrons. The second-order valence-electron chi connectivity index (χ2n) is 7.43. The first-order valence-corrected chi connectivity index (χ1v) is 11.4. The monoisotopic (exact) mass is 556 g/mol. The molecule has 0 fully saturated rings. The van der Waals surface area contributed by atoms with Crippen LogP contribution in [0.3, 0.4) is 0 Å². The van der Waals surface area contributed by atoms with Crippen molar-refractivity contribution >= 4 is 50.3 Å². The summed E-state index contributed by atoms with van der Waals surface area (Å²) in [6, 6.07) is 14.7. The van der Waals surface area contributed by atoms with E-state index in [1.807, 2.05) is 6.07 Å². The number of nitro groups is 1. The third-order valence-corrected chi connectivity index (χ3v) is 5.82. The van der Waals surface area contributed by atoms with Crippen molar-refractivity contribution in [1.82, 2.24) is 9.66 Å². The number of nitrogens with zero attached hydrogens (tertiary/aromatic N) is 4. The van der Waals surface area contributed by atoms with Crippen LogP contribution in [0.4, 0.5) is 5.69 Å². The normalized spacial score (nSPS) is 11.2. The number of methoxy groups -OCH3 is 1. The van der Waals surface area contributed by atoms with Crippen LogP contribution in [0, 0.1) is 17.0 Å². The number of aryl methyl sites for hydroxylation is 1. The lowest BCUT2D eigenvalue weighted by Gasteiger charge is -2.13. The predicted molar refractivity (Wildman–Crippen MR) is 137 cm³/mol. The van der Waals surface area contributed by atoms with E-state index in [2.05, 4.69) is 26.0 Å². The van der Waals surface area contributed by atoms with E-state index in [0.29, 0.717) is 33.6 Å². The minimum absolute atomic E-state index is 0.0307. The number of fused-ring (bicyclic) bond motifs is 1. The van der Waals surface area contributed by atoms with Crippen LogP contribution in [0.5, 0.6) is 11.5 Å². The third kappa shape index (κ3) is 5.33. The summed E-state index contributed by atoms with van der Waals surface area (Å²) in [5.41, 5.74) is 1.41. The molecule has 4 aromatic rings. The molecule has 3 aromatic carbocycles. The van der Waals surface area contributed by atoms with Gasteiger partial charge in [0.2, 0.25) is 0 Å². The highest BCUT2D eigenvalue weighted by molar-refractivity contribution is 9.10. The number of hydrogen-bond acceptors (Lipinski definition) is 7. The smallest absolute Gasteiger partial charge is 0.282 e. The van der Waals surface area contributed by atoms with Crippen LogP contribution in [0.1, 0.15) is 17.0 Å². The van der Waals surface area contributed by atoms with Crippen molar-refractivity contribution in [2.45, 2.75) is 13.5 Å². The van der Waals surface area contributed by atoms with E-state index < -0.39 is 4.92 Å².